The zero-order valence-electron chi connectivity index (χ0n) is 15.8. The molecule has 2 atom stereocenters. The molecule has 0 radical (unpaired) electrons. The Bertz CT molecular complexity index is 999. The van der Waals surface area contributed by atoms with Gasteiger partial charge in [-0.3, -0.25) is 4.90 Å². The number of hydrogen-bond acceptors (Lipinski definition) is 4. The van der Waals surface area contributed by atoms with Crippen molar-refractivity contribution in [3.8, 4) is 16.9 Å². The van der Waals surface area contributed by atoms with Crippen molar-refractivity contribution in [2.45, 2.75) is 26.8 Å². The van der Waals surface area contributed by atoms with Gasteiger partial charge >= 0.3 is 5.63 Å². The summed E-state index contributed by atoms with van der Waals surface area (Å²) < 4.78 is 5.71. The lowest BCUT2D eigenvalue weighted by Crippen LogP contribution is -2.38. The van der Waals surface area contributed by atoms with Crippen LogP contribution in [0.4, 0.5) is 0 Å². The van der Waals surface area contributed by atoms with Crippen LogP contribution >= 0.6 is 0 Å². The molecule has 0 bridgehead atoms. The molecule has 1 aromatic heterocycles. The van der Waals surface area contributed by atoms with Crippen molar-refractivity contribution in [1.82, 2.24) is 4.90 Å². The Labute approximate surface area is 159 Å². The van der Waals surface area contributed by atoms with Gasteiger partial charge in [0.1, 0.15) is 11.3 Å². The number of piperidine rings is 1. The number of nitrogens with zero attached hydrogens (tertiary/aromatic N) is 1. The summed E-state index contributed by atoms with van der Waals surface area (Å²) >= 11 is 0. The predicted octanol–water partition coefficient (Wildman–Crippen LogP) is 4.64. The van der Waals surface area contributed by atoms with Crippen molar-refractivity contribution in [3.05, 3.63) is 64.5 Å². The summed E-state index contributed by atoms with van der Waals surface area (Å²) in [6, 6.07) is 14.9. The summed E-state index contributed by atoms with van der Waals surface area (Å²) in [5.41, 5.74) is 2.19. The smallest absolute Gasteiger partial charge is 0.344 e. The van der Waals surface area contributed by atoms with Crippen LogP contribution in [0, 0.1) is 11.8 Å². The van der Waals surface area contributed by atoms with E-state index >= 15 is 0 Å². The third kappa shape index (κ3) is 3.62. The van der Waals surface area contributed by atoms with Gasteiger partial charge in [-0.2, -0.15) is 0 Å². The second-order valence-electron chi connectivity index (χ2n) is 7.94. The molecule has 4 rings (SSSR count). The summed E-state index contributed by atoms with van der Waals surface area (Å²) in [6.45, 7) is 7.10. The van der Waals surface area contributed by atoms with Crippen LogP contribution in [0.25, 0.3) is 22.1 Å². The first kappa shape index (κ1) is 17.8. The maximum Gasteiger partial charge on any atom is 0.344 e. The first-order chi connectivity index (χ1) is 13.0. The molecule has 0 amide bonds. The van der Waals surface area contributed by atoms with E-state index in [4.69, 9.17) is 4.42 Å². The molecule has 1 N–H and O–H groups in total. The van der Waals surface area contributed by atoms with Gasteiger partial charge < -0.3 is 9.52 Å². The molecule has 2 unspecified atom stereocenters. The van der Waals surface area contributed by atoms with Crippen molar-refractivity contribution in [2.24, 2.45) is 11.8 Å². The maximum atomic E-state index is 12.6. The number of likely N-dealkylation sites (tertiary alicyclic amines) is 1. The highest BCUT2D eigenvalue weighted by molar-refractivity contribution is 5.85. The van der Waals surface area contributed by atoms with Gasteiger partial charge in [0, 0.05) is 25.0 Å². The fraction of sp³-hybridized carbons (Fsp3) is 0.348. The average Bonchev–Trinajstić information content (AvgIpc) is 2.64. The molecule has 1 aliphatic rings. The number of aromatic hydroxyl groups is 1. The Kier molecular flexibility index (Phi) is 4.75. The Morgan fingerprint density at radius 1 is 1.07 bits per heavy atom. The number of fused-ring (bicyclic) bond motifs is 1. The molecule has 2 heterocycles. The van der Waals surface area contributed by atoms with Gasteiger partial charge in [-0.25, -0.2) is 4.79 Å². The minimum atomic E-state index is -0.374. The van der Waals surface area contributed by atoms with E-state index in [0.717, 1.165) is 24.0 Å². The van der Waals surface area contributed by atoms with Crippen LogP contribution in [0.15, 0.2) is 57.7 Å². The largest absolute Gasteiger partial charge is 0.507 e. The van der Waals surface area contributed by atoms with E-state index in [1.54, 1.807) is 6.07 Å². The lowest BCUT2D eigenvalue weighted by molar-refractivity contribution is 0.133. The summed E-state index contributed by atoms with van der Waals surface area (Å²) in [5.74, 6) is 1.44. The molecular formula is C23H25NO3. The lowest BCUT2D eigenvalue weighted by Gasteiger charge is -2.35. The fourth-order valence-electron chi connectivity index (χ4n) is 4.35. The van der Waals surface area contributed by atoms with Gasteiger partial charge in [0.2, 0.25) is 0 Å². The van der Waals surface area contributed by atoms with E-state index in [1.807, 2.05) is 42.5 Å². The normalized spacial score (nSPS) is 20.8. The Morgan fingerprint density at radius 3 is 2.48 bits per heavy atom. The standard InChI is InChI=1S/C23H25NO3/c1-15-10-16(2)13-24(12-15)14-20-21(25)9-8-18-11-19(23(26)27-22(18)20)17-6-4-3-5-7-17/h3-9,11,15-16,25H,10,12-14H2,1-2H3. The van der Waals surface area contributed by atoms with Crippen molar-refractivity contribution in [2.75, 3.05) is 13.1 Å². The van der Waals surface area contributed by atoms with Crippen molar-refractivity contribution < 1.29 is 9.52 Å². The van der Waals surface area contributed by atoms with E-state index in [1.165, 1.54) is 6.42 Å². The second kappa shape index (κ2) is 7.20. The predicted molar refractivity (Wildman–Crippen MR) is 108 cm³/mol. The SMILES string of the molecule is CC1CC(C)CN(Cc2c(O)ccc3cc(-c4ccccc4)c(=O)oc23)C1. The van der Waals surface area contributed by atoms with Crippen LogP contribution in [0.1, 0.15) is 25.8 Å². The number of rotatable bonds is 3. The molecule has 0 aliphatic carbocycles. The van der Waals surface area contributed by atoms with Gasteiger partial charge in [-0.1, -0.05) is 44.2 Å². The summed E-state index contributed by atoms with van der Waals surface area (Å²) in [5, 5.41) is 11.3. The van der Waals surface area contributed by atoms with Crippen LogP contribution in [0.5, 0.6) is 5.75 Å². The molecule has 0 saturated carbocycles. The van der Waals surface area contributed by atoms with Gasteiger partial charge in [-0.05, 0) is 42.0 Å². The molecule has 3 aromatic rings. The molecular weight excluding hydrogens is 338 g/mol. The fourth-order valence-corrected chi connectivity index (χ4v) is 4.35. The highest BCUT2D eigenvalue weighted by Crippen LogP contribution is 2.31. The summed E-state index contributed by atoms with van der Waals surface area (Å²) in [6.07, 6.45) is 1.23. The van der Waals surface area contributed by atoms with E-state index in [0.29, 0.717) is 35.1 Å². The molecule has 4 heteroatoms. The van der Waals surface area contributed by atoms with Crippen LogP contribution in [0.3, 0.4) is 0 Å². The number of phenols is 1. The van der Waals surface area contributed by atoms with E-state index < -0.39 is 0 Å². The Balaban J connectivity index is 1.76. The van der Waals surface area contributed by atoms with Gasteiger partial charge in [0.15, 0.2) is 0 Å². The second-order valence-corrected chi connectivity index (χ2v) is 7.94. The third-order valence-corrected chi connectivity index (χ3v) is 5.39. The zero-order valence-corrected chi connectivity index (χ0v) is 15.8. The number of phenolic OH excluding ortho intramolecular Hbond substituents is 1. The average molecular weight is 363 g/mol. The van der Waals surface area contributed by atoms with Gasteiger partial charge in [0.25, 0.3) is 0 Å². The van der Waals surface area contributed by atoms with Crippen molar-refractivity contribution >= 4 is 11.0 Å². The van der Waals surface area contributed by atoms with Crippen LogP contribution in [-0.2, 0) is 6.54 Å². The highest BCUT2D eigenvalue weighted by atomic mass is 16.4. The minimum absolute atomic E-state index is 0.184. The van der Waals surface area contributed by atoms with Crippen LogP contribution < -0.4 is 5.63 Å². The van der Waals surface area contributed by atoms with E-state index in [-0.39, 0.29) is 11.4 Å². The van der Waals surface area contributed by atoms with E-state index in [9.17, 15) is 9.90 Å². The lowest BCUT2D eigenvalue weighted by atomic mass is 9.91. The quantitative estimate of drug-likeness (QED) is 0.689. The Hall–Kier alpha value is -2.59. The monoisotopic (exact) mass is 363 g/mol. The molecule has 4 nitrogen and oxygen atoms in total. The first-order valence-electron chi connectivity index (χ1n) is 9.57. The Morgan fingerprint density at radius 2 is 1.78 bits per heavy atom. The van der Waals surface area contributed by atoms with Crippen molar-refractivity contribution in [1.29, 1.82) is 0 Å². The topological polar surface area (TPSA) is 53.7 Å². The molecule has 0 spiro atoms. The summed E-state index contributed by atoms with van der Waals surface area (Å²) in [4.78, 5) is 15.0. The molecule has 2 aromatic carbocycles. The molecule has 140 valence electrons. The maximum absolute atomic E-state index is 12.6. The molecule has 1 saturated heterocycles. The molecule has 27 heavy (non-hydrogen) atoms. The zero-order chi connectivity index (χ0) is 19.0. The van der Waals surface area contributed by atoms with Crippen molar-refractivity contribution in [3.63, 3.8) is 0 Å². The highest BCUT2D eigenvalue weighted by Gasteiger charge is 2.24. The molecule has 1 aliphatic heterocycles. The third-order valence-electron chi connectivity index (χ3n) is 5.39. The van der Waals surface area contributed by atoms with Crippen LogP contribution in [0.2, 0.25) is 0 Å². The first-order valence-corrected chi connectivity index (χ1v) is 9.57. The number of benzene rings is 2. The minimum Gasteiger partial charge on any atom is -0.507 e. The molecule has 1 fully saturated rings. The van der Waals surface area contributed by atoms with Gasteiger partial charge in [0.05, 0.1) is 11.1 Å². The van der Waals surface area contributed by atoms with E-state index in [2.05, 4.69) is 18.7 Å². The van der Waals surface area contributed by atoms with Crippen LogP contribution in [-0.4, -0.2) is 23.1 Å². The summed E-state index contributed by atoms with van der Waals surface area (Å²) in [7, 11) is 0. The van der Waals surface area contributed by atoms with Gasteiger partial charge in [-0.15, -0.1) is 0 Å². The number of hydrogen-bond donors (Lipinski definition) is 1.